The van der Waals surface area contributed by atoms with E-state index in [-0.39, 0.29) is 0 Å². The molecule has 0 aliphatic heterocycles. The van der Waals surface area contributed by atoms with Crippen LogP contribution in [0, 0.1) is 11.8 Å². The van der Waals surface area contributed by atoms with E-state index in [1.54, 1.807) is 6.20 Å². The zero-order valence-corrected chi connectivity index (χ0v) is 10.8. The van der Waals surface area contributed by atoms with Crippen LogP contribution in [-0.4, -0.2) is 11.5 Å². The maximum atomic E-state index is 6.00. The number of pyridine rings is 1. The minimum absolute atomic E-state index is 0.374. The molecule has 1 heterocycles. The molecule has 1 saturated carbocycles. The van der Waals surface area contributed by atoms with Crippen molar-refractivity contribution in [2.75, 3.05) is 12.3 Å². The van der Waals surface area contributed by atoms with Gasteiger partial charge in [0.1, 0.15) is 5.82 Å². The lowest BCUT2D eigenvalue weighted by molar-refractivity contribution is 0.365. The number of rotatable bonds is 4. The SMILES string of the molecule is CCNC(c1cccnc1N)C1CCC(C)C1. The van der Waals surface area contributed by atoms with E-state index < -0.39 is 0 Å². The predicted molar refractivity (Wildman–Crippen MR) is 71.6 cm³/mol. The molecule has 1 aromatic rings. The first kappa shape index (κ1) is 12.4. The molecule has 3 unspecified atom stereocenters. The van der Waals surface area contributed by atoms with Crippen LogP contribution in [0.25, 0.3) is 0 Å². The monoisotopic (exact) mass is 233 g/mol. The molecule has 17 heavy (non-hydrogen) atoms. The largest absolute Gasteiger partial charge is 0.383 e. The Hall–Kier alpha value is -1.09. The van der Waals surface area contributed by atoms with E-state index in [1.165, 1.54) is 24.8 Å². The average Bonchev–Trinajstić information content (AvgIpc) is 2.74. The number of anilines is 1. The van der Waals surface area contributed by atoms with Gasteiger partial charge in [-0.05, 0) is 37.3 Å². The third-order valence-corrected chi connectivity index (χ3v) is 3.84. The molecule has 2 rings (SSSR count). The molecule has 3 heteroatoms. The summed E-state index contributed by atoms with van der Waals surface area (Å²) in [6.45, 7) is 5.47. The Bertz CT molecular complexity index is 364. The highest BCUT2D eigenvalue weighted by Gasteiger charge is 2.30. The van der Waals surface area contributed by atoms with Gasteiger partial charge in [-0.15, -0.1) is 0 Å². The molecule has 0 spiro atoms. The van der Waals surface area contributed by atoms with Crippen molar-refractivity contribution in [2.45, 2.75) is 39.2 Å². The zero-order chi connectivity index (χ0) is 12.3. The number of nitrogens with zero attached hydrogens (tertiary/aromatic N) is 1. The van der Waals surface area contributed by atoms with E-state index in [4.69, 9.17) is 5.73 Å². The van der Waals surface area contributed by atoms with Gasteiger partial charge in [-0.2, -0.15) is 0 Å². The molecule has 1 aliphatic carbocycles. The van der Waals surface area contributed by atoms with Crippen LogP contribution in [0.3, 0.4) is 0 Å². The first-order valence-corrected chi connectivity index (χ1v) is 6.66. The summed E-state index contributed by atoms with van der Waals surface area (Å²) in [5.74, 6) is 2.23. The minimum Gasteiger partial charge on any atom is -0.383 e. The van der Waals surface area contributed by atoms with Crippen LogP contribution in [-0.2, 0) is 0 Å². The molecule has 0 aromatic carbocycles. The summed E-state index contributed by atoms with van der Waals surface area (Å²) in [5, 5.41) is 3.58. The van der Waals surface area contributed by atoms with E-state index in [2.05, 4.69) is 30.2 Å². The van der Waals surface area contributed by atoms with Crippen molar-refractivity contribution in [2.24, 2.45) is 11.8 Å². The van der Waals surface area contributed by atoms with Crippen LogP contribution < -0.4 is 11.1 Å². The topological polar surface area (TPSA) is 50.9 Å². The number of aromatic nitrogens is 1. The normalized spacial score (nSPS) is 26.0. The zero-order valence-electron chi connectivity index (χ0n) is 10.8. The van der Waals surface area contributed by atoms with Crippen LogP contribution in [0.1, 0.15) is 44.7 Å². The summed E-state index contributed by atoms with van der Waals surface area (Å²) in [6, 6.07) is 4.46. The molecule has 3 atom stereocenters. The fourth-order valence-electron chi connectivity index (χ4n) is 3.00. The highest BCUT2D eigenvalue weighted by molar-refractivity contribution is 5.41. The lowest BCUT2D eigenvalue weighted by Gasteiger charge is -2.25. The Labute approximate surface area is 104 Å². The second kappa shape index (κ2) is 5.50. The van der Waals surface area contributed by atoms with Gasteiger partial charge in [0.15, 0.2) is 0 Å². The van der Waals surface area contributed by atoms with Crippen LogP contribution in [0.15, 0.2) is 18.3 Å². The molecule has 0 amide bonds. The van der Waals surface area contributed by atoms with E-state index in [0.29, 0.717) is 17.8 Å². The van der Waals surface area contributed by atoms with Gasteiger partial charge in [-0.3, -0.25) is 0 Å². The Balaban J connectivity index is 2.20. The van der Waals surface area contributed by atoms with Gasteiger partial charge in [0.2, 0.25) is 0 Å². The molecule has 94 valence electrons. The molecule has 1 aromatic heterocycles. The van der Waals surface area contributed by atoms with E-state index >= 15 is 0 Å². The smallest absolute Gasteiger partial charge is 0.128 e. The number of nitrogens with two attached hydrogens (primary N) is 1. The second-order valence-electron chi connectivity index (χ2n) is 5.19. The maximum Gasteiger partial charge on any atom is 0.128 e. The number of hydrogen-bond acceptors (Lipinski definition) is 3. The molecule has 0 bridgehead atoms. The van der Waals surface area contributed by atoms with Gasteiger partial charge in [-0.25, -0.2) is 4.98 Å². The van der Waals surface area contributed by atoms with Crippen LogP contribution in [0.2, 0.25) is 0 Å². The standard InChI is InChI=1S/C14H23N3/c1-3-16-13(11-7-6-10(2)9-11)12-5-4-8-17-14(12)15/h4-5,8,10-11,13,16H,3,6-7,9H2,1-2H3,(H2,15,17). The fraction of sp³-hybridized carbons (Fsp3) is 0.643. The summed E-state index contributed by atoms with van der Waals surface area (Å²) in [5.41, 5.74) is 7.18. The molecular weight excluding hydrogens is 210 g/mol. The van der Waals surface area contributed by atoms with E-state index in [1.807, 2.05) is 6.07 Å². The van der Waals surface area contributed by atoms with Crippen molar-refractivity contribution < 1.29 is 0 Å². The maximum absolute atomic E-state index is 6.00. The van der Waals surface area contributed by atoms with Crippen LogP contribution in [0.4, 0.5) is 5.82 Å². The molecule has 3 N–H and O–H groups in total. The predicted octanol–water partition coefficient (Wildman–Crippen LogP) is 2.75. The summed E-state index contributed by atoms with van der Waals surface area (Å²) < 4.78 is 0. The third kappa shape index (κ3) is 2.78. The molecule has 1 aliphatic rings. The summed E-state index contributed by atoms with van der Waals surface area (Å²) in [7, 11) is 0. The minimum atomic E-state index is 0.374. The van der Waals surface area contributed by atoms with Crippen molar-refractivity contribution in [1.29, 1.82) is 0 Å². The van der Waals surface area contributed by atoms with E-state index in [0.717, 1.165) is 12.5 Å². The lowest BCUT2D eigenvalue weighted by atomic mass is 9.91. The van der Waals surface area contributed by atoms with Gasteiger partial charge < -0.3 is 11.1 Å². The molecule has 1 fully saturated rings. The van der Waals surface area contributed by atoms with Crippen LogP contribution >= 0.6 is 0 Å². The Morgan fingerprint density at radius 1 is 1.53 bits per heavy atom. The molecule has 3 nitrogen and oxygen atoms in total. The molecular formula is C14H23N3. The average molecular weight is 233 g/mol. The Kier molecular flexibility index (Phi) is 4.00. The van der Waals surface area contributed by atoms with E-state index in [9.17, 15) is 0 Å². The lowest BCUT2D eigenvalue weighted by Crippen LogP contribution is -2.28. The summed E-state index contributed by atoms with van der Waals surface area (Å²) >= 11 is 0. The quantitative estimate of drug-likeness (QED) is 0.840. The second-order valence-corrected chi connectivity index (χ2v) is 5.19. The molecule has 0 saturated heterocycles. The van der Waals surface area contributed by atoms with Crippen molar-refractivity contribution in [3.8, 4) is 0 Å². The fourth-order valence-corrected chi connectivity index (χ4v) is 3.00. The van der Waals surface area contributed by atoms with Gasteiger partial charge in [-0.1, -0.05) is 26.3 Å². The Morgan fingerprint density at radius 3 is 2.94 bits per heavy atom. The molecule has 0 radical (unpaired) electrons. The van der Waals surface area contributed by atoms with Gasteiger partial charge >= 0.3 is 0 Å². The van der Waals surface area contributed by atoms with Gasteiger partial charge in [0.25, 0.3) is 0 Å². The first-order chi connectivity index (χ1) is 8.22. The van der Waals surface area contributed by atoms with Crippen molar-refractivity contribution in [3.63, 3.8) is 0 Å². The number of nitrogens with one attached hydrogen (secondary N) is 1. The highest BCUT2D eigenvalue weighted by Crippen LogP contribution is 2.39. The number of hydrogen-bond donors (Lipinski definition) is 2. The number of nitrogen functional groups attached to an aromatic ring is 1. The Morgan fingerprint density at radius 2 is 2.35 bits per heavy atom. The van der Waals surface area contributed by atoms with Gasteiger partial charge in [0, 0.05) is 17.8 Å². The summed E-state index contributed by atoms with van der Waals surface area (Å²) in [4.78, 5) is 4.21. The van der Waals surface area contributed by atoms with Crippen molar-refractivity contribution >= 4 is 5.82 Å². The summed E-state index contributed by atoms with van der Waals surface area (Å²) in [6.07, 6.45) is 5.70. The highest BCUT2D eigenvalue weighted by atomic mass is 14.9. The first-order valence-electron chi connectivity index (χ1n) is 6.66. The van der Waals surface area contributed by atoms with Crippen molar-refractivity contribution in [3.05, 3.63) is 23.9 Å². The van der Waals surface area contributed by atoms with Crippen LogP contribution in [0.5, 0.6) is 0 Å². The third-order valence-electron chi connectivity index (χ3n) is 3.84. The van der Waals surface area contributed by atoms with Crippen molar-refractivity contribution in [1.82, 2.24) is 10.3 Å². The van der Waals surface area contributed by atoms with Gasteiger partial charge in [0.05, 0.1) is 0 Å².